The second-order valence-electron chi connectivity index (χ2n) is 6.41. The number of hydrogen-bond acceptors (Lipinski definition) is 5. The smallest absolute Gasteiger partial charge is 0.312 e. The Morgan fingerprint density at radius 3 is 2.56 bits per heavy atom. The van der Waals surface area contributed by atoms with Crippen LogP contribution >= 0.6 is 0 Å². The molecule has 140 valence electrons. The van der Waals surface area contributed by atoms with Crippen LogP contribution in [-0.2, 0) is 19.1 Å². The van der Waals surface area contributed by atoms with Crippen LogP contribution in [0.4, 0.5) is 5.69 Å². The van der Waals surface area contributed by atoms with E-state index < -0.39 is 18.0 Å². The Labute approximate surface area is 157 Å². The highest BCUT2D eigenvalue weighted by molar-refractivity contribution is 5.99. The monoisotopic (exact) mass is 367 g/mol. The van der Waals surface area contributed by atoms with Crippen LogP contribution in [0, 0.1) is 5.92 Å². The van der Waals surface area contributed by atoms with Gasteiger partial charge in [0.1, 0.15) is 0 Å². The molecule has 2 atom stereocenters. The molecule has 0 radical (unpaired) electrons. The van der Waals surface area contributed by atoms with Crippen LogP contribution in [0.2, 0.25) is 0 Å². The van der Waals surface area contributed by atoms with Gasteiger partial charge in [0.05, 0.1) is 12.5 Å². The highest BCUT2D eigenvalue weighted by Gasteiger charge is 2.31. The molecule has 27 heavy (non-hydrogen) atoms. The van der Waals surface area contributed by atoms with E-state index in [0.29, 0.717) is 36.4 Å². The van der Waals surface area contributed by atoms with Gasteiger partial charge in [-0.3, -0.25) is 14.4 Å². The molecule has 1 fully saturated rings. The fourth-order valence-corrected chi connectivity index (χ4v) is 2.86. The van der Waals surface area contributed by atoms with Gasteiger partial charge in [0, 0.05) is 23.4 Å². The van der Waals surface area contributed by atoms with E-state index in [1.165, 1.54) is 6.92 Å². The van der Waals surface area contributed by atoms with E-state index in [9.17, 15) is 14.4 Å². The lowest BCUT2D eigenvalue weighted by molar-refractivity contribution is -0.158. The van der Waals surface area contributed by atoms with Crippen molar-refractivity contribution in [2.24, 2.45) is 5.92 Å². The highest BCUT2D eigenvalue weighted by atomic mass is 16.6. The maximum absolute atomic E-state index is 12.8. The molecular weight excluding hydrogens is 346 g/mol. The zero-order valence-corrected chi connectivity index (χ0v) is 15.0. The van der Waals surface area contributed by atoms with Gasteiger partial charge in [-0.25, -0.2) is 0 Å². The summed E-state index contributed by atoms with van der Waals surface area (Å²) >= 11 is 0. The molecule has 0 spiro atoms. The van der Waals surface area contributed by atoms with E-state index in [0.717, 1.165) is 0 Å². The first-order chi connectivity index (χ1) is 13.0. The van der Waals surface area contributed by atoms with Gasteiger partial charge in [-0.05, 0) is 25.5 Å². The Kier molecular flexibility index (Phi) is 5.98. The highest BCUT2D eigenvalue weighted by Crippen LogP contribution is 2.24. The fourth-order valence-electron chi connectivity index (χ4n) is 2.86. The number of Topliss-reactive ketones (excluding diaryl/α,β-unsaturated/α-hetero) is 1. The van der Waals surface area contributed by atoms with E-state index in [1.54, 1.807) is 48.5 Å². The van der Waals surface area contributed by atoms with E-state index in [1.807, 2.05) is 6.07 Å². The maximum atomic E-state index is 12.8. The molecule has 2 aromatic rings. The van der Waals surface area contributed by atoms with Crippen molar-refractivity contribution in [2.45, 2.75) is 19.4 Å². The quantitative estimate of drug-likeness (QED) is 0.626. The predicted molar refractivity (Wildman–Crippen MR) is 99.3 cm³/mol. The third kappa shape index (κ3) is 4.80. The summed E-state index contributed by atoms with van der Waals surface area (Å²) in [5, 5.41) is 2.73. The summed E-state index contributed by atoms with van der Waals surface area (Å²) in [6.45, 7) is 2.28. The third-order valence-corrected chi connectivity index (χ3v) is 4.37. The molecule has 0 aromatic heterocycles. The largest absolute Gasteiger partial charge is 0.447 e. The number of esters is 1. The fraction of sp³-hybridized carbons (Fsp3) is 0.286. The molecule has 0 aliphatic carbocycles. The Bertz CT molecular complexity index is 827. The lowest BCUT2D eigenvalue weighted by Gasteiger charge is -2.20. The zero-order valence-electron chi connectivity index (χ0n) is 15.0. The van der Waals surface area contributed by atoms with Gasteiger partial charge < -0.3 is 14.8 Å². The van der Waals surface area contributed by atoms with Gasteiger partial charge in [0.15, 0.2) is 5.78 Å². The van der Waals surface area contributed by atoms with Gasteiger partial charge in [-0.1, -0.05) is 42.5 Å². The molecule has 3 rings (SSSR count). The minimum Gasteiger partial charge on any atom is -0.447 e. The van der Waals surface area contributed by atoms with Crippen molar-refractivity contribution < 1.29 is 23.9 Å². The van der Waals surface area contributed by atoms with Gasteiger partial charge in [0.2, 0.25) is 6.10 Å². The van der Waals surface area contributed by atoms with E-state index in [-0.39, 0.29) is 11.7 Å². The van der Waals surface area contributed by atoms with E-state index in [2.05, 4.69) is 5.32 Å². The number of nitrogens with one attached hydrogen (secondary N) is 1. The number of carbonyl (C=O) groups excluding carboxylic acids is 3. The summed E-state index contributed by atoms with van der Waals surface area (Å²) in [4.78, 5) is 36.8. The third-order valence-electron chi connectivity index (χ3n) is 4.37. The zero-order chi connectivity index (χ0) is 19.2. The van der Waals surface area contributed by atoms with Crippen molar-refractivity contribution in [3.05, 3.63) is 65.7 Å². The Hall–Kier alpha value is -2.99. The number of carbonyl (C=O) groups is 3. The first-order valence-electron chi connectivity index (χ1n) is 8.79. The van der Waals surface area contributed by atoms with Gasteiger partial charge in [-0.2, -0.15) is 0 Å². The van der Waals surface area contributed by atoms with Gasteiger partial charge >= 0.3 is 5.97 Å². The molecule has 1 N–H and O–H groups in total. The van der Waals surface area contributed by atoms with Crippen LogP contribution in [0.5, 0.6) is 0 Å². The molecule has 1 aliphatic heterocycles. The number of ether oxygens (including phenoxy) is 2. The Balaban J connectivity index is 1.79. The van der Waals surface area contributed by atoms with E-state index >= 15 is 0 Å². The normalized spacial score (nSPS) is 17.1. The second-order valence-corrected chi connectivity index (χ2v) is 6.41. The lowest BCUT2D eigenvalue weighted by Crippen LogP contribution is -2.29. The molecule has 6 nitrogen and oxygen atoms in total. The topological polar surface area (TPSA) is 81.7 Å². The SMILES string of the molecule is CC(=O)c1cccc(NC(=O)[C@H](OC(=O)[C@@H]2CCOC2)c2ccccc2)c1. The maximum Gasteiger partial charge on any atom is 0.312 e. The summed E-state index contributed by atoms with van der Waals surface area (Å²) in [5.74, 6) is -1.38. The number of ketones is 1. The van der Waals surface area contributed by atoms with E-state index in [4.69, 9.17) is 9.47 Å². The number of benzene rings is 2. The summed E-state index contributed by atoms with van der Waals surface area (Å²) < 4.78 is 10.8. The van der Waals surface area contributed by atoms with Crippen LogP contribution < -0.4 is 5.32 Å². The minimum atomic E-state index is -1.08. The summed E-state index contributed by atoms with van der Waals surface area (Å²) in [5.41, 5.74) is 1.53. The van der Waals surface area contributed by atoms with Crippen LogP contribution in [0.15, 0.2) is 54.6 Å². The molecule has 0 bridgehead atoms. The van der Waals surface area contributed by atoms with Crippen LogP contribution in [0.25, 0.3) is 0 Å². The summed E-state index contributed by atoms with van der Waals surface area (Å²) in [6.07, 6.45) is -0.497. The summed E-state index contributed by atoms with van der Waals surface area (Å²) in [6, 6.07) is 15.5. The number of anilines is 1. The van der Waals surface area contributed by atoms with Crippen molar-refractivity contribution in [3.63, 3.8) is 0 Å². The minimum absolute atomic E-state index is 0.0987. The van der Waals surface area contributed by atoms with Crippen molar-refractivity contribution in [1.82, 2.24) is 0 Å². The van der Waals surface area contributed by atoms with Crippen molar-refractivity contribution >= 4 is 23.3 Å². The molecule has 1 heterocycles. The summed E-state index contributed by atoms with van der Waals surface area (Å²) in [7, 11) is 0. The van der Waals surface area contributed by atoms with Crippen molar-refractivity contribution in [3.8, 4) is 0 Å². The number of amides is 1. The molecule has 2 aromatic carbocycles. The lowest BCUT2D eigenvalue weighted by atomic mass is 10.1. The number of rotatable bonds is 6. The van der Waals surface area contributed by atoms with Gasteiger partial charge in [-0.15, -0.1) is 0 Å². The van der Waals surface area contributed by atoms with Crippen molar-refractivity contribution in [2.75, 3.05) is 18.5 Å². The molecule has 1 saturated heterocycles. The predicted octanol–water partition coefficient (Wildman–Crippen LogP) is 3.15. The molecule has 1 amide bonds. The first-order valence-corrected chi connectivity index (χ1v) is 8.79. The van der Waals surface area contributed by atoms with Crippen LogP contribution in [0.1, 0.15) is 35.4 Å². The molecule has 1 aliphatic rings. The van der Waals surface area contributed by atoms with Crippen LogP contribution in [-0.4, -0.2) is 30.9 Å². The average molecular weight is 367 g/mol. The second kappa shape index (κ2) is 8.60. The molecule has 6 heteroatoms. The molecular formula is C21H21NO5. The first kappa shape index (κ1) is 18.8. The Morgan fingerprint density at radius 2 is 1.89 bits per heavy atom. The molecule has 0 unspecified atom stereocenters. The van der Waals surface area contributed by atoms with Gasteiger partial charge in [0.25, 0.3) is 5.91 Å². The standard InChI is InChI=1S/C21H21NO5/c1-14(23)16-8-5-9-18(12-16)22-20(24)19(15-6-3-2-4-7-15)27-21(25)17-10-11-26-13-17/h2-9,12,17,19H,10-11,13H2,1H3,(H,22,24)/t17-,19-/m1/s1. The van der Waals surface area contributed by atoms with Crippen molar-refractivity contribution in [1.29, 1.82) is 0 Å². The Morgan fingerprint density at radius 1 is 1.11 bits per heavy atom. The number of hydrogen-bond donors (Lipinski definition) is 1. The average Bonchev–Trinajstić information content (AvgIpc) is 3.21. The molecule has 0 saturated carbocycles. The van der Waals surface area contributed by atoms with Crippen LogP contribution in [0.3, 0.4) is 0 Å².